The Morgan fingerprint density at radius 3 is 2.54 bits per heavy atom. The van der Waals surface area contributed by atoms with Gasteiger partial charge in [-0.2, -0.15) is 10.2 Å². The maximum atomic E-state index is 14.5. The number of aryl methyl sites for hydroxylation is 2. The summed E-state index contributed by atoms with van der Waals surface area (Å²) >= 11 is 0. The quantitative estimate of drug-likeness (QED) is 0.456. The normalized spacial score (nSPS) is 11.5. The van der Waals surface area contributed by atoms with Gasteiger partial charge < -0.3 is 5.32 Å². The van der Waals surface area contributed by atoms with E-state index < -0.39 is 11.7 Å². The van der Waals surface area contributed by atoms with Crippen LogP contribution in [0, 0.1) is 12.7 Å². The first-order valence-corrected chi connectivity index (χ1v) is 11.0. The fraction of sp³-hybridized carbons (Fsp3) is 0.280. The van der Waals surface area contributed by atoms with E-state index >= 15 is 0 Å². The molecule has 0 bridgehead atoms. The number of carbonyl (C=O) groups excluding carboxylic acids is 1. The molecule has 0 spiro atoms. The molecule has 1 amide bonds. The number of aromatic nitrogens is 6. The van der Waals surface area contributed by atoms with E-state index in [4.69, 9.17) is 0 Å². The highest BCUT2D eigenvalue weighted by Gasteiger charge is 2.18. The van der Waals surface area contributed by atoms with E-state index in [2.05, 4.69) is 30.6 Å². The van der Waals surface area contributed by atoms with Crippen molar-refractivity contribution in [1.82, 2.24) is 29.9 Å². The summed E-state index contributed by atoms with van der Waals surface area (Å²) < 4.78 is 16.3. The van der Waals surface area contributed by atoms with Gasteiger partial charge in [0, 0.05) is 41.9 Å². The summed E-state index contributed by atoms with van der Waals surface area (Å²) in [4.78, 5) is 33.4. The van der Waals surface area contributed by atoms with Gasteiger partial charge in [-0.15, -0.1) is 0 Å². The lowest BCUT2D eigenvalue weighted by Gasteiger charge is -2.16. The Morgan fingerprint density at radius 1 is 1.14 bits per heavy atom. The van der Waals surface area contributed by atoms with Crippen molar-refractivity contribution in [1.29, 1.82) is 0 Å². The van der Waals surface area contributed by atoms with Gasteiger partial charge in [-0.05, 0) is 37.3 Å². The Balaban J connectivity index is 1.58. The molecule has 3 heterocycles. The molecule has 0 radical (unpaired) electrons. The number of anilines is 1. The Bertz CT molecular complexity index is 1430. The number of aromatic amines is 1. The first-order valence-electron chi connectivity index (χ1n) is 11.0. The van der Waals surface area contributed by atoms with Crippen LogP contribution in [0.5, 0.6) is 0 Å². The van der Waals surface area contributed by atoms with Crippen molar-refractivity contribution in [2.75, 3.05) is 5.32 Å². The Morgan fingerprint density at radius 2 is 1.91 bits per heavy atom. The molecular formula is C25H26FN7O2. The largest absolute Gasteiger partial charge is 0.318 e. The molecule has 0 atom stereocenters. The van der Waals surface area contributed by atoms with E-state index in [1.807, 2.05) is 40.8 Å². The lowest BCUT2D eigenvalue weighted by atomic mass is 9.93. The summed E-state index contributed by atoms with van der Waals surface area (Å²) in [6.45, 7) is 7.90. The second-order valence-corrected chi connectivity index (χ2v) is 9.37. The molecule has 0 aliphatic rings. The van der Waals surface area contributed by atoms with Crippen LogP contribution < -0.4 is 10.9 Å². The minimum Gasteiger partial charge on any atom is -0.318 e. The number of amides is 1. The fourth-order valence-corrected chi connectivity index (χ4v) is 3.44. The van der Waals surface area contributed by atoms with Gasteiger partial charge in [-0.3, -0.25) is 19.3 Å². The summed E-state index contributed by atoms with van der Waals surface area (Å²) in [6.07, 6.45) is 3.23. The average molecular weight is 476 g/mol. The van der Waals surface area contributed by atoms with Crippen LogP contribution in [-0.4, -0.2) is 35.9 Å². The van der Waals surface area contributed by atoms with Gasteiger partial charge in [0.05, 0.1) is 29.0 Å². The molecule has 0 fully saturated rings. The van der Waals surface area contributed by atoms with Gasteiger partial charge in [-0.25, -0.2) is 14.5 Å². The summed E-state index contributed by atoms with van der Waals surface area (Å²) in [5, 5.41) is 13.5. The van der Waals surface area contributed by atoms with E-state index in [1.165, 1.54) is 30.6 Å². The molecule has 10 heteroatoms. The first-order chi connectivity index (χ1) is 16.5. The molecule has 4 aromatic rings. The van der Waals surface area contributed by atoms with Crippen LogP contribution >= 0.6 is 0 Å². The lowest BCUT2D eigenvalue weighted by Crippen LogP contribution is -2.18. The lowest BCUT2D eigenvalue weighted by molar-refractivity contribution is 0.102. The molecule has 0 aliphatic carbocycles. The number of carbonyl (C=O) groups is 1. The van der Waals surface area contributed by atoms with Gasteiger partial charge >= 0.3 is 0 Å². The van der Waals surface area contributed by atoms with E-state index in [0.717, 1.165) is 17.1 Å². The summed E-state index contributed by atoms with van der Waals surface area (Å²) in [5.41, 5.74) is 3.37. The predicted molar refractivity (Wildman–Crippen MR) is 130 cm³/mol. The van der Waals surface area contributed by atoms with Crippen molar-refractivity contribution >= 4 is 11.6 Å². The van der Waals surface area contributed by atoms with Crippen LogP contribution in [0.15, 0.2) is 47.5 Å². The molecule has 0 aliphatic heterocycles. The minimum absolute atomic E-state index is 0.0379. The molecule has 2 N–H and O–H groups in total. The Hall–Kier alpha value is -4.21. The number of rotatable bonds is 5. The van der Waals surface area contributed by atoms with E-state index in [9.17, 15) is 14.0 Å². The second-order valence-electron chi connectivity index (χ2n) is 9.37. The summed E-state index contributed by atoms with van der Waals surface area (Å²) in [7, 11) is 1.83. The van der Waals surface area contributed by atoms with Crippen LogP contribution in [0.1, 0.15) is 53.9 Å². The molecule has 0 unspecified atom stereocenters. The third kappa shape index (κ3) is 5.32. The summed E-state index contributed by atoms with van der Waals surface area (Å²) in [5.74, 6) is -1.20. The molecule has 9 nitrogen and oxygen atoms in total. The van der Waals surface area contributed by atoms with Crippen LogP contribution in [0.4, 0.5) is 10.1 Å². The number of nitrogens with one attached hydrogen (secondary N) is 2. The number of halogens is 1. The van der Waals surface area contributed by atoms with Crippen molar-refractivity contribution < 1.29 is 9.18 Å². The third-order valence-corrected chi connectivity index (χ3v) is 5.58. The zero-order valence-corrected chi connectivity index (χ0v) is 20.2. The Kier molecular flexibility index (Phi) is 6.29. The van der Waals surface area contributed by atoms with Gasteiger partial charge in [0.2, 0.25) is 0 Å². The van der Waals surface area contributed by atoms with E-state index in [0.29, 0.717) is 23.2 Å². The molecule has 0 saturated carbocycles. The van der Waals surface area contributed by atoms with Crippen molar-refractivity contribution in [2.24, 2.45) is 7.05 Å². The monoisotopic (exact) mass is 475 g/mol. The standard InChI is InChI=1S/C25H26FN7O2/c1-14-8-17(32-33(14)5)9-16-11-19(30-31-23(16)34)15-6-7-18(26)20(10-15)29-24(35)21-12-28-22(13-27-21)25(2,3)4/h6-8,10-13H,9H2,1-5H3,(H,29,35)(H,31,34). The topological polar surface area (TPSA) is 118 Å². The minimum atomic E-state index is -0.616. The molecular weight excluding hydrogens is 449 g/mol. The van der Waals surface area contributed by atoms with Crippen LogP contribution in [-0.2, 0) is 18.9 Å². The smallest absolute Gasteiger partial charge is 0.275 e. The SMILES string of the molecule is Cc1cc(Cc2cc(-c3ccc(F)c(NC(=O)c4cnc(C(C)(C)C)cn4)c3)n[nH]c2=O)nn1C. The first kappa shape index (κ1) is 23.9. The number of H-pyrrole nitrogens is 1. The van der Waals surface area contributed by atoms with Gasteiger partial charge in [-0.1, -0.05) is 20.8 Å². The zero-order chi connectivity index (χ0) is 25.3. The molecule has 0 saturated heterocycles. The second kappa shape index (κ2) is 9.21. The molecule has 1 aromatic carbocycles. The zero-order valence-electron chi connectivity index (χ0n) is 20.2. The van der Waals surface area contributed by atoms with Gasteiger partial charge in [0.25, 0.3) is 11.5 Å². The maximum Gasteiger partial charge on any atom is 0.275 e. The number of hydrogen-bond donors (Lipinski definition) is 2. The van der Waals surface area contributed by atoms with E-state index in [1.54, 1.807) is 10.7 Å². The highest BCUT2D eigenvalue weighted by molar-refractivity contribution is 6.03. The van der Waals surface area contributed by atoms with Crippen LogP contribution in [0.3, 0.4) is 0 Å². The maximum absolute atomic E-state index is 14.5. The van der Waals surface area contributed by atoms with Crippen molar-refractivity contribution in [2.45, 2.75) is 39.5 Å². The van der Waals surface area contributed by atoms with Crippen molar-refractivity contribution in [3.63, 3.8) is 0 Å². The van der Waals surface area contributed by atoms with E-state index in [-0.39, 0.29) is 22.4 Å². The van der Waals surface area contributed by atoms with Crippen molar-refractivity contribution in [3.8, 4) is 11.3 Å². The average Bonchev–Trinajstić information content (AvgIpc) is 3.13. The predicted octanol–water partition coefficient (Wildman–Crippen LogP) is 3.55. The molecule has 3 aromatic heterocycles. The van der Waals surface area contributed by atoms with Crippen LogP contribution in [0.2, 0.25) is 0 Å². The van der Waals surface area contributed by atoms with Crippen LogP contribution in [0.25, 0.3) is 11.3 Å². The van der Waals surface area contributed by atoms with Crippen molar-refractivity contribution in [3.05, 3.63) is 87.2 Å². The number of nitrogens with zero attached hydrogens (tertiary/aromatic N) is 5. The molecule has 4 rings (SSSR count). The molecule has 35 heavy (non-hydrogen) atoms. The van der Waals surface area contributed by atoms with Gasteiger partial charge in [0.1, 0.15) is 11.5 Å². The number of benzene rings is 1. The fourth-order valence-electron chi connectivity index (χ4n) is 3.44. The third-order valence-electron chi connectivity index (χ3n) is 5.58. The Labute approximate surface area is 201 Å². The molecule has 180 valence electrons. The highest BCUT2D eigenvalue weighted by atomic mass is 19.1. The summed E-state index contributed by atoms with van der Waals surface area (Å²) in [6, 6.07) is 7.76. The number of hydrogen-bond acceptors (Lipinski definition) is 6. The highest BCUT2D eigenvalue weighted by Crippen LogP contribution is 2.25. The van der Waals surface area contributed by atoms with Gasteiger partial charge in [0.15, 0.2) is 0 Å².